The molecule has 0 fully saturated rings. The molecule has 0 saturated carbocycles. The Hall–Kier alpha value is -2.38. The van der Waals surface area contributed by atoms with Crippen molar-refractivity contribution >= 4 is 50.7 Å². The number of aromatic nitrogens is 1. The summed E-state index contributed by atoms with van der Waals surface area (Å²) in [6.07, 6.45) is 0. The van der Waals surface area contributed by atoms with Gasteiger partial charge in [0.05, 0.1) is 15.9 Å². The van der Waals surface area contributed by atoms with Crippen LogP contribution in [0.5, 0.6) is 0 Å². The molecule has 0 spiro atoms. The van der Waals surface area contributed by atoms with Gasteiger partial charge in [0.15, 0.2) is 9.59 Å². The van der Waals surface area contributed by atoms with E-state index in [1.165, 1.54) is 16.8 Å². The molecule has 7 heteroatoms. The second-order valence-corrected chi connectivity index (χ2v) is 7.34. The number of nitrogens with zero attached hydrogens (tertiary/aromatic N) is 3. The van der Waals surface area contributed by atoms with Crippen molar-refractivity contribution in [2.75, 3.05) is 5.01 Å². The van der Waals surface area contributed by atoms with Crippen LogP contribution in [0.1, 0.15) is 0 Å². The van der Waals surface area contributed by atoms with Gasteiger partial charge in [-0.1, -0.05) is 42.1 Å². The van der Waals surface area contributed by atoms with Crippen LogP contribution in [-0.2, 0) is 4.79 Å². The van der Waals surface area contributed by atoms with Crippen LogP contribution in [0.25, 0.3) is 10.2 Å². The number of hydrazone groups is 1. The molecule has 0 radical (unpaired) electrons. The Bertz CT molecular complexity index is 874. The van der Waals surface area contributed by atoms with E-state index in [0.29, 0.717) is 11.5 Å². The summed E-state index contributed by atoms with van der Waals surface area (Å²) in [5, 5.41) is 5.04. The number of thiazole rings is 1. The third-order valence-corrected chi connectivity index (χ3v) is 5.75. The van der Waals surface area contributed by atoms with Crippen molar-refractivity contribution in [2.24, 2.45) is 10.8 Å². The van der Waals surface area contributed by atoms with Crippen molar-refractivity contribution in [3.63, 3.8) is 0 Å². The summed E-state index contributed by atoms with van der Waals surface area (Å²) < 4.78 is 1.91. The van der Waals surface area contributed by atoms with Crippen molar-refractivity contribution in [1.82, 2.24) is 4.98 Å². The van der Waals surface area contributed by atoms with Crippen LogP contribution in [0.15, 0.2) is 64.0 Å². The number of nitrogens with two attached hydrogens (primary N) is 1. The van der Waals surface area contributed by atoms with Crippen LogP contribution < -0.4 is 10.7 Å². The highest BCUT2D eigenvalue weighted by Gasteiger charge is 2.36. The molecule has 2 heterocycles. The molecule has 0 unspecified atom stereocenters. The van der Waals surface area contributed by atoms with Gasteiger partial charge in [0.2, 0.25) is 0 Å². The van der Waals surface area contributed by atoms with Gasteiger partial charge < -0.3 is 5.73 Å². The largest absolute Gasteiger partial charge is 0.384 e. The second kappa shape index (κ2) is 5.68. The smallest absolute Gasteiger partial charge is 0.268 e. The van der Waals surface area contributed by atoms with E-state index in [4.69, 9.17) is 5.73 Å². The van der Waals surface area contributed by atoms with Crippen LogP contribution in [0.4, 0.5) is 5.69 Å². The van der Waals surface area contributed by atoms with Gasteiger partial charge in [0.1, 0.15) is 5.84 Å². The lowest BCUT2D eigenvalue weighted by atomic mass is 10.3. The van der Waals surface area contributed by atoms with Crippen molar-refractivity contribution in [3.8, 4) is 0 Å². The van der Waals surface area contributed by atoms with Gasteiger partial charge in [0, 0.05) is 0 Å². The standard InChI is InChI=1S/C16H12N4OS2/c17-14-13(15(21)20(19-14)10-6-2-1-3-7-10)23-16-18-11-8-4-5-9-12(11)22-16/h1-9,13H,(H2,17,19)/t13-/m0/s1. The summed E-state index contributed by atoms with van der Waals surface area (Å²) >= 11 is 2.91. The topological polar surface area (TPSA) is 71.6 Å². The number of anilines is 1. The van der Waals surface area contributed by atoms with E-state index in [-0.39, 0.29) is 5.91 Å². The molecule has 1 atom stereocenters. The third kappa shape index (κ3) is 2.58. The minimum Gasteiger partial charge on any atom is -0.384 e. The fourth-order valence-corrected chi connectivity index (χ4v) is 4.49. The van der Waals surface area contributed by atoms with E-state index in [1.54, 1.807) is 11.3 Å². The maximum Gasteiger partial charge on any atom is 0.268 e. The molecule has 3 aromatic rings. The number of carbonyl (C=O) groups excluding carboxylic acids is 1. The highest BCUT2D eigenvalue weighted by molar-refractivity contribution is 8.03. The Balaban J connectivity index is 1.60. The Morgan fingerprint density at radius 2 is 1.83 bits per heavy atom. The molecule has 0 saturated heterocycles. The summed E-state index contributed by atoms with van der Waals surface area (Å²) in [5.41, 5.74) is 7.63. The number of benzene rings is 2. The van der Waals surface area contributed by atoms with E-state index >= 15 is 0 Å². The van der Waals surface area contributed by atoms with E-state index < -0.39 is 5.25 Å². The molecule has 23 heavy (non-hydrogen) atoms. The molecule has 1 aliphatic rings. The van der Waals surface area contributed by atoms with E-state index in [9.17, 15) is 4.79 Å². The number of hydrogen-bond acceptors (Lipinski definition) is 6. The summed E-state index contributed by atoms with van der Waals surface area (Å²) in [6.45, 7) is 0. The van der Waals surface area contributed by atoms with Gasteiger partial charge >= 0.3 is 0 Å². The Labute approximate surface area is 140 Å². The first-order chi connectivity index (χ1) is 11.2. The van der Waals surface area contributed by atoms with E-state index in [2.05, 4.69) is 10.1 Å². The summed E-state index contributed by atoms with van der Waals surface area (Å²) in [7, 11) is 0. The average Bonchev–Trinajstić information content (AvgIpc) is 3.11. The van der Waals surface area contributed by atoms with Gasteiger partial charge in [-0.25, -0.2) is 4.98 Å². The van der Waals surface area contributed by atoms with E-state index in [1.807, 2.05) is 54.6 Å². The normalized spacial score (nSPS) is 17.7. The van der Waals surface area contributed by atoms with Gasteiger partial charge in [-0.15, -0.1) is 11.3 Å². The number of thioether (sulfide) groups is 1. The van der Waals surface area contributed by atoms with Crippen molar-refractivity contribution in [1.29, 1.82) is 0 Å². The molecule has 5 nitrogen and oxygen atoms in total. The number of carbonyl (C=O) groups is 1. The van der Waals surface area contributed by atoms with Crippen LogP contribution in [-0.4, -0.2) is 22.0 Å². The van der Waals surface area contributed by atoms with Gasteiger partial charge in [-0.05, 0) is 24.3 Å². The first kappa shape index (κ1) is 14.2. The highest BCUT2D eigenvalue weighted by atomic mass is 32.2. The zero-order chi connectivity index (χ0) is 15.8. The number of amidine groups is 1. The number of rotatable bonds is 3. The van der Waals surface area contributed by atoms with Gasteiger partial charge in [-0.2, -0.15) is 10.1 Å². The second-order valence-electron chi connectivity index (χ2n) is 4.96. The molecular weight excluding hydrogens is 328 g/mol. The first-order valence-corrected chi connectivity index (χ1v) is 8.67. The fourth-order valence-electron chi connectivity index (χ4n) is 2.32. The lowest BCUT2D eigenvalue weighted by Gasteiger charge is -2.12. The van der Waals surface area contributed by atoms with E-state index in [0.717, 1.165) is 14.6 Å². The predicted molar refractivity (Wildman–Crippen MR) is 94.8 cm³/mol. The molecule has 1 amide bonds. The molecule has 2 aromatic carbocycles. The number of fused-ring (bicyclic) bond motifs is 1. The van der Waals surface area contributed by atoms with Crippen LogP contribution in [0.3, 0.4) is 0 Å². The molecule has 1 aliphatic heterocycles. The molecule has 0 aliphatic carbocycles. The first-order valence-electron chi connectivity index (χ1n) is 6.97. The van der Waals surface area contributed by atoms with Crippen LogP contribution in [0, 0.1) is 0 Å². The molecule has 0 bridgehead atoms. The minimum atomic E-state index is -0.532. The lowest BCUT2D eigenvalue weighted by molar-refractivity contribution is -0.116. The van der Waals surface area contributed by atoms with Crippen LogP contribution in [0.2, 0.25) is 0 Å². The third-order valence-electron chi connectivity index (χ3n) is 3.41. The average molecular weight is 340 g/mol. The molecule has 2 N–H and O–H groups in total. The summed E-state index contributed by atoms with van der Waals surface area (Å²) in [5.74, 6) is 0.168. The Morgan fingerprint density at radius 1 is 1.09 bits per heavy atom. The number of para-hydroxylation sites is 2. The van der Waals surface area contributed by atoms with Gasteiger partial charge in [-0.3, -0.25) is 4.79 Å². The Morgan fingerprint density at radius 3 is 2.61 bits per heavy atom. The zero-order valence-corrected chi connectivity index (χ0v) is 13.6. The molecule has 114 valence electrons. The predicted octanol–water partition coefficient (Wildman–Crippen LogP) is 3.08. The maximum absolute atomic E-state index is 12.6. The molecular formula is C16H12N4OS2. The summed E-state index contributed by atoms with van der Waals surface area (Å²) in [4.78, 5) is 17.2. The minimum absolute atomic E-state index is 0.141. The van der Waals surface area contributed by atoms with Crippen molar-refractivity contribution in [2.45, 2.75) is 9.59 Å². The summed E-state index contributed by atoms with van der Waals surface area (Å²) in [6, 6.07) is 17.2. The SMILES string of the molecule is NC1=NN(c2ccccc2)C(=O)[C@H]1Sc1nc2ccccc2s1. The van der Waals surface area contributed by atoms with Crippen LogP contribution >= 0.6 is 23.1 Å². The highest BCUT2D eigenvalue weighted by Crippen LogP contribution is 2.35. The zero-order valence-electron chi connectivity index (χ0n) is 11.9. The van der Waals surface area contributed by atoms with Crippen molar-refractivity contribution in [3.05, 3.63) is 54.6 Å². The fraction of sp³-hybridized carbons (Fsp3) is 0.0625. The number of amides is 1. The molecule has 1 aromatic heterocycles. The Kier molecular flexibility index (Phi) is 3.51. The van der Waals surface area contributed by atoms with Gasteiger partial charge in [0.25, 0.3) is 5.91 Å². The number of hydrogen-bond donors (Lipinski definition) is 1. The quantitative estimate of drug-likeness (QED) is 0.795. The lowest BCUT2D eigenvalue weighted by Crippen LogP contribution is -2.32. The maximum atomic E-state index is 12.6. The van der Waals surface area contributed by atoms with Crippen molar-refractivity contribution < 1.29 is 4.79 Å². The monoisotopic (exact) mass is 340 g/mol. The molecule has 4 rings (SSSR count).